The molecular formula is C17H18FNO. The number of ether oxygens (including phenoxy) is 1. The standard InChI is InChI=1S/C17H18FNO/c1-20-16-6-2-4-14-5-3-11-19(17(14)16)12-13-7-9-15(18)10-8-13/h2,4,6-10H,3,5,11-12H2,1H3. The van der Waals surface area contributed by atoms with Gasteiger partial charge in [-0.05, 0) is 42.2 Å². The number of anilines is 1. The average Bonchev–Trinajstić information content (AvgIpc) is 2.49. The van der Waals surface area contributed by atoms with Crippen LogP contribution in [-0.2, 0) is 13.0 Å². The second-order valence-electron chi connectivity index (χ2n) is 5.12. The third-order valence-electron chi connectivity index (χ3n) is 3.78. The molecule has 1 aliphatic rings. The van der Waals surface area contributed by atoms with Gasteiger partial charge in [-0.15, -0.1) is 0 Å². The van der Waals surface area contributed by atoms with Crippen LogP contribution in [0.3, 0.4) is 0 Å². The van der Waals surface area contributed by atoms with Gasteiger partial charge in [0.15, 0.2) is 0 Å². The van der Waals surface area contributed by atoms with Crippen LogP contribution >= 0.6 is 0 Å². The molecule has 0 radical (unpaired) electrons. The molecule has 0 unspecified atom stereocenters. The second kappa shape index (κ2) is 5.53. The zero-order chi connectivity index (χ0) is 13.9. The first-order chi connectivity index (χ1) is 9.78. The lowest BCUT2D eigenvalue weighted by Crippen LogP contribution is -2.29. The molecule has 0 atom stereocenters. The van der Waals surface area contributed by atoms with Crippen molar-refractivity contribution in [2.45, 2.75) is 19.4 Å². The molecule has 0 bridgehead atoms. The summed E-state index contributed by atoms with van der Waals surface area (Å²) in [6, 6.07) is 12.9. The van der Waals surface area contributed by atoms with Gasteiger partial charge >= 0.3 is 0 Å². The fraction of sp³-hybridized carbons (Fsp3) is 0.294. The third-order valence-corrected chi connectivity index (χ3v) is 3.78. The van der Waals surface area contributed by atoms with Crippen LogP contribution in [0.2, 0.25) is 0 Å². The fourth-order valence-corrected chi connectivity index (χ4v) is 2.83. The van der Waals surface area contributed by atoms with Crippen molar-refractivity contribution in [2.24, 2.45) is 0 Å². The van der Waals surface area contributed by atoms with Crippen molar-refractivity contribution in [3.05, 3.63) is 59.4 Å². The second-order valence-corrected chi connectivity index (χ2v) is 5.12. The van der Waals surface area contributed by atoms with Gasteiger partial charge in [-0.25, -0.2) is 4.39 Å². The maximum atomic E-state index is 13.0. The number of rotatable bonds is 3. The minimum atomic E-state index is -0.189. The Balaban J connectivity index is 1.91. The molecule has 1 aliphatic heterocycles. The highest BCUT2D eigenvalue weighted by atomic mass is 19.1. The molecule has 3 heteroatoms. The van der Waals surface area contributed by atoms with Crippen LogP contribution in [-0.4, -0.2) is 13.7 Å². The Morgan fingerprint density at radius 3 is 2.70 bits per heavy atom. The number of para-hydroxylation sites is 1. The van der Waals surface area contributed by atoms with Crippen molar-refractivity contribution in [2.75, 3.05) is 18.6 Å². The van der Waals surface area contributed by atoms with Crippen LogP contribution in [0, 0.1) is 5.82 Å². The van der Waals surface area contributed by atoms with E-state index in [1.165, 1.54) is 23.4 Å². The third kappa shape index (κ3) is 2.48. The summed E-state index contributed by atoms with van der Waals surface area (Å²) in [7, 11) is 1.71. The van der Waals surface area contributed by atoms with Gasteiger partial charge in [0.2, 0.25) is 0 Å². The molecule has 2 aromatic rings. The average molecular weight is 271 g/mol. The SMILES string of the molecule is COc1cccc2c1N(Cc1ccc(F)cc1)CCC2. The lowest BCUT2D eigenvalue weighted by atomic mass is 10.0. The van der Waals surface area contributed by atoms with Crippen molar-refractivity contribution in [3.63, 3.8) is 0 Å². The molecule has 0 fully saturated rings. The van der Waals surface area contributed by atoms with Crippen molar-refractivity contribution in [1.29, 1.82) is 0 Å². The van der Waals surface area contributed by atoms with E-state index < -0.39 is 0 Å². The monoisotopic (exact) mass is 271 g/mol. The maximum absolute atomic E-state index is 13.0. The molecular weight excluding hydrogens is 253 g/mol. The maximum Gasteiger partial charge on any atom is 0.142 e. The van der Waals surface area contributed by atoms with Gasteiger partial charge in [0.05, 0.1) is 12.8 Å². The molecule has 2 nitrogen and oxygen atoms in total. The van der Waals surface area contributed by atoms with E-state index in [1.54, 1.807) is 7.11 Å². The quantitative estimate of drug-likeness (QED) is 0.842. The van der Waals surface area contributed by atoms with Gasteiger partial charge in [0.25, 0.3) is 0 Å². The minimum absolute atomic E-state index is 0.189. The number of fused-ring (bicyclic) bond motifs is 1. The van der Waals surface area contributed by atoms with E-state index in [1.807, 2.05) is 24.3 Å². The summed E-state index contributed by atoms with van der Waals surface area (Å²) in [5.74, 6) is 0.731. The summed E-state index contributed by atoms with van der Waals surface area (Å²) in [5.41, 5.74) is 3.63. The molecule has 0 saturated carbocycles. The van der Waals surface area contributed by atoms with E-state index in [9.17, 15) is 4.39 Å². The van der Waals surface area contributed by atoms with Crippen LogP contribution in [0.1, 0.15) is 17.5 Å². The molecule has 104 valence electrons. The van der Waals surface area contributed by atoms with E-state index >= 15 is 0 Å². The molecule has 20 heavy (non-hydrogen) atoms. The smallest absolute Gasteiger partial charge is 0.142 e. The number of hydrogen-bond donors (Lipinski definition) is 0. The Bertz CT molecular complexity index is 580. The van der Waals surface area contributed by atoms with E-state index in [0.29, 0.717) is 0 Å². The summed E-state index contributed by atoms with van der Waals surface area (Å²) in [4.78, 5) is 2.32. The first-order valence-corrected chi connectivity index (χ1v) is 6.93. The van der Waals surface area contributed by atoms with Crippen LogP contribution in [0.4, 0.5) is 10.1 Å². The zero-order valence-electron chi connectivity index (χ0n) is 11.6. The Kier molecular flexibility index (Phi) is 3.59. The number of halogens is 1. The summed E-state index contributed by atoms with van der Waals surface area (Å²) in [6.45, 7) is 1.79. The summed E-state index contributed by atoms with van der Waals surface area (Å²) in [5, 5.41) is 0. The number of hydrogen-bond acceptors (Lipinski definition) is 2. The van der Waals surface area contributed by atoms with E-state index in [4.69, 9.17) is 4.74 Å². The molecule has 3 rings (SSSR count). The van der Waals surface area contributed by atoms with Gasteiger partial charge < -0.3 is 9.64 Å². The largest absolute Gasteiger partial charge is 0.495 e. The zero-order valence-corrected chi connectivity index (χ0v) is 11.6. The van der Waals surface area contributed by atoms with Crippen LogP contribution in [0.5, 0.6) is 5.75 Å². The van der Waals surface area contributed by atoms with Crippen LogP contribution in [0.25, 0.3) is 0 Å². The normalized spacial score (nSPS) is 14.0. The highest BCUT2D eigenvalue weighted by molar-refractivity contribution is 5.65. The number of methoxy groups -OCH3 is 1. The lowest BCUT2D eigenvalue weighted by molar-refractivity contribution is 0.412. The summed E-state index contributed by atoms with van der Waals surface area (Å²) < 4.78 is 18.5. The summed E-state index contributed by atoms with van der Waals surface area (Å²) in [6.07, 6.45) is 2.23. The molecule has 0 amide bonds. The molecule has 1 heterocycles. The van der Waals surface area contributed by atoms with Crippen molar-refractivity contribution >= 4 is 5.69 Å². The first-order valence-electron chi connectivity index (χ1n) is 6.93. The fourth-order valence-electron chi connectivity index (χ4n) is 2.83. The molecule has 0 aromatic heterocycles. The first kappa shape index (κ1) is 13.0. The highest BCUT2D eigenvalue weighted by Crippen LogP contribution is 2.36. The topological polar surface area (TPSA) is 12.5 Å². The predicted molar refractivity (Wildman–Crippen MR) is 78.8 cm³/mol. The van der Waals surface area contributed by atoms with Gasteiger partial charge in [-0.2, -0.15) is 0 Å². The van der Waals surface area contributed by atoms with Gasteiger partial charge in [0.1, 0.15) is 11.6 Å². The Hall–Kier alpha value is -2.03. The molecule has 0 aliphatic carbocycles. The van der Waals surface area contributed by atoms with Gasteiger partial charge in [-0.1, -0.05) is 24.3 Å². The Morgan fingerprint density at radius 1 is 1.15 bits per heavy atom. The number of aryl methyl sites for hydroxylation is 1. The highest BCUT2D eigenvalue weighted by Gasteiger charge is 2.20. The Labute approximate surface area is 118 Å². The van der Waals surface area contributed by atoms with Crippen LogP contribution < -0.4 is 9.64 Å². The predicted octanol–water partition coefficient (Wildman–Crippen LogP) is 3.79. The van der Waals surface area contributed by atoms with Crippen molar-refractivity contribution < 1.29 is 9.13 Å². The van der Waals surface area contributed by atoms with Crippen LogP contribution in [0.15, 0.2) is 42.5 Å². The van der Waals surface area contributed by atoms with E-state index in [-0.39, 0.29) is 5.82 Å². The summed E-state index contributed by atoms with van der Waals surface area (Å²) >= 11 is 0. The van der Waals surface area contributed by atoms with E-state index in [2.05, 4.69) is 11.0 Å². The lowest BCUT2D eigenvalue weighted by Gasteiger charge is -2.32. The van der Waals surface area contributed by atoms with Crippen molar-refractivity contribution in [1.82, 2.24) is 0 Å². The van der Waals surface area contributed by atoms with E-state index in [0.717, 1.165) is 37.2 Å². The molecule has 2 aromatic carbocycles. The molecule has 0 spiro atoms. The molecule has 0 N–H and O–H groups in total. The van der Waals surface area contributed by atoms with Gasteiger partial charge in [-0.3, -0.25) is 0 Å². The van der Waals surface area contributed by atoms with Gasteiger partial charge in [0, 0.05) is 13.1 Å². The molecule has 0 saturated heterocycles. The van der Waals surface area contributed by atoms with Crippen molar-refractivity contribution in [3.8, 4) is 5.75 Å². The Morgan fingerprint density at radius 2 is 1.95 bits per heavy atom. The minimum Gasteiger partial charge on any atom is -0.495 e. The number of benzene rings is 2. The number of nitrogens with zero attached hydrogens (tertiary/aromatic N) is 1.